The van der Waals surface area contributed by atoms with Crippen LogP contribution in [0.2, 0.25) is 0 Å². The van der Waals surface area contributed by atoms with Gasteiger partial charge in [0.1, 0.15) is 5.52 Å². The Labute approximate surface area is 258 Å². The highest BCUT2D eigenvalue weighted by Gasteiger charge is 2.29. The van der Waals surface area contributed by atoms with Gasteiger partial charge in [-0.3, -0.25) is 9.59 Å². The first-order chi connectivity index (χ1) is 20.2. The second-order valence-corrected chi connectivity index (χ2v) is 10.3. The molecule has 220 valence electrons. The summed E-state index contributed by atoms with van der Waals surface area (Å²) in [5.41, 5.74) is 16.2. The van der Waals surface area contributed by atoms with E-state index in [-0.39, 0.29) is 18.3 Å². The van der Waals surface area contributed by atoms with Crippen molar-refractivity contribution in [3.05, 3.63) is 77.3 Å². The molecule has 5 N–H and O–H groups in total. The molecule has 6 rings (SSSR count). The lowest BCUT2D eigenvalue weighted by molar-refractivity contribution is -0.117. The average Bonchev–Trinajstić information content (AvgIpc) is 3.39. The van der Waals surface area contributed by atoms with Gasteiger partial charge in [0, 0.05) is 43.5 Å². The summed E-state index contributed by atoms with van der Waals surface area (Å²) in [6.45, 7) is 4.95. The minimum absolute atomic E-state index is 0.182. The summed E-state index contributed by atoms with van der Waals surface area (Å²) >= 11 is 1.65. The number of carbonyl (C=O) groups excluding carboxylic acids is 2. The van der Waals surface area contributed by atoms with Crippen molar-refractivity contribution in [1.29, 1.82) is 0 Å². The van der Waals surface area contributed by atoms with Crippen LogP contribution in [0.15, 0.2) is 48.9 Å². The number of nitrogens with one attached hydrogen (secondary N) is 1. The molecule has 0 spiro atoms. The van der Waals surface area contributed by atoms with E-state index in [1.54, 1.807) is 59.1 Å². The molecule has 2 aliphatic rings. The van der Waals surface area contributed by atoms with E-state index in [4.69, 9.17) is 16.6 Å². The van der Waals surface area contributed by atoms with Crippen LogP contribution in [0.1, 0.15) is 61.0 Å². The van der Waals surface area contributed by atoms with Crippen LogP contribution in [0, 0.1) is 12.7 Å². The van der Waals surface area contributed by atoms with Gasteiger partial charge < -0.3 is 29.8 Å². The largest absolute Gasteiger partial charge is 0.401 e. The highest BCUT2D eigenvalue weighted by Crippen LogP contribution is 2.42. The molecule has 0 aromatic carbocycles. The van der Waals surface area contributed by atoms with Gasteiger partial charge in [0.05, 0.1) is 36.5 Å². The first-order valence-corrected chi connectivity index (χ1v) is 14.8. The summed E-state index contributed by atoms with van der Waals surface area (Å²) < 4.78 is 17.4. The molecule has 1 saturated heterocycles. The van der Waals surface area contributed by atoms with Crippen molar-refractivity contribution in [2.75, 3.05) is 11.4 Å². The van der Waals surface area contributed by atoms with Crippen molar-refractivity contribution in [2.45, 2.75) is 58.5 Å². The van der Waals surface area contributed by atoms with Crippen LogP contribution < -0.4 is 21.8 Å². The normalized spacial score (nSPS) is 14.8. The molecule has 0 unspecified atom stereocenters. The molecule has 11 nitrogen and oxygen atoms in total. The summed E-state index contributed by atoms with van der Waals surface area (Å²) in [7, 11) is 0. The number of imidazole rings is 2. The number of allylic oxidation sites excluding steroid dienone is 1. The van der Waals surface area contributed by atoms with Crippen LogP contribution in [0.25, 0.3) is 11.2 Å². The Kier molecular flexibility index (Phi) is 10.4. The molecule has 1 aliphatic carbocycles. The third-order valence-electron chi connectivity index (χ3n) is 6.99. The molecule has 1 aliphatic heterocycles. The van der Waals surface area contributed by atoms with Crippen LogP contribution in [0.3, 0.4) is 0 Å². The molecule has 14 heteroatoms. The Morgan fingerprint density at radius 3 is 2.71 bits per heavy atom. The van der Waals surface area contributed by atoms with Crippen molar-refractivity contribution < 1.29 is 14.0 Å². The minimum atomic E-state index is -0.294. The van der Waals surface area contributed by atoms with Crippen LogP contribution in [0.4, 0.5) is 10.1 Å². The first-order valence-electron chi connectivity index (χ1n) is 13.5. The summed E-state index contributed by atoms with van der Waals surface area (Å²) in [6, 6.07) is 3.83. The summed E-state index contributed by atoms with van der Waals surface area (Å²) in [5, 5.41) is 3.99. The molecular formula is C28H34BFIN9O2. The van der Waals surface area contributed by atoms with Crippen LogP contribution in [-0.4, -0.2) is 48.3 Å². The van der Waals surface area contributed by atoms with Gasteiger partial charge in [0.25, 0.3) is 0 Å². The minimum Gasteiger partial charge on any atom is -0.401 e. The average molecular weight is 685 g/mol. The molecule has 4 aromatic rings. The van der Waals surface area contributed by atoms with E-state index in [0.29, 0.717) is 47.8 Å². The number of hydrogen-bond acceptors (Lipinski definition) is 7. The lowest BCUT2D eigenvalue weighted by atomic mass is 10.1. The van der Waals surface area contributed by atoms with Gasteiger partial charge in [0.15, 0.2) is 17.2 Å². The van der Waals surface area contributed by atoms with E-state index in [1.165, 1.54) is 29.7 Å². The maximum absolute atomic E-state index is 13.7. The van der Waals surface area contributed by atoms with E-state index in [2.05, 4.69) is 28.3 Å². The van der Waals surface area contributed by atoms with Crippen LogP contribution >= 0.6 is 22.4 Å². The molecule has 1 saturated carbocycles. The number of rotatable bonds is 8. The molecule has 2 radical (unpaired) electrons. The molecule has 0 atom stereocenters. The van der Waals surface area contributed by atoms with Gasteiger partial charge >= 0.3 is 0 Å². The second kappa shape index (κ2) is 14.0. The van der Waals surface area contributed by atoms with Crippen molar-refractivity contribution in [3.63, 3.8) is 0 Å². The lowest BCUT2D eigenvalue weighted by Crippen LogP contribution is -2.25. The summed E-state index contributed by atoms with van der Waals surface area (Å²) in [5.74, 6) is 6.46. The topological polar surface area (TPSA) is 139 Å². The van der Waals surface area contributed by atoms with Gasteiger partial charge in [-0.2, -0.15) is 22.4 Å². The van der Waals surface area contributed by atoms with Crippen molar-refractivity contribution in [1.82, 2.24) is 29.1 Å². The van der Waals surface area contributed by atoms with Gasteiger partial charge in [-0.15, -0.1) is 0 Å². The number of halogens is 2. The molecule has 4 aromatic heterocycles. The molecule has 2 fully saturated rings. The number of hydrazine groups is 1. The predicted octanol–water partition coefficient (Wildman–Crippen LogP) is 3.37. The highest BCUT2D eigenvalue weighted by atomic mass is 127. The van der Waals surface area contributed by atoms with E-state index in [0.717, 1.165) is 30.0 Å². The van der Waals surface area contributed by atoms with E-state index in [1.807, 2.05) is 15.5 Å². The third kappa shape index (κ3) is 7.21. The van der Waals surface area contributed by atoms with E-state index >= 15 is 0 Å². The van der Waals surface area contributed by atoms with Crippen LogP contribution in [0.5, 0.6) is 0 Å². The van der Waals surface area contributed by atoms with Crippen LogP contribution in [-0.2, 0) is 22.7 Å². The number of hydrogen-bond donors (Lipinski definition) is 3. The molecule has 0 bridgehead atoms. The Hall–Kier alpha value is -3.66. The third-order valence-corrected chi connectivity index (χ3v) is 6.99. The quantitative estimate of drug-likeness (QED) is 0.0851. The van der Waals surface area contributed by atoms with E-state index in [9.17, 15) is 14.0 Å². The fourth-order valence-electron chi connectivity index (χ4n) is 4.94. The van der Waals surface area contributed by atoms with Crippen molar-refractivity contribution in [3.8, 4) is 0 Å². The maximum atomic E-state index is 13.7. The van der Waals surface area contributed by atoms with Crippen molar-refractivity contribution >= 4 is 57.2 Å². The standard InChI is InChI=1S/C18H24N6O.C10H10FN3O.BI/c1-12(19)8-23(20)11-15-10-22-9-14(13-4-5-13)7-16(18(22)21-15)24-6-2-3-17(24)25;1-7-2-3-14-5-13-8(4-12-6-15)10(14)9(7)11;1-2/h7-10,13H,2-6,11,19-20H2,1H3;2-3,5-6H,4H2,1H3,(H,12,15);/b12-8-;;. The molecule has 5 heterocycles. The van der Waals surface area contributed by atoms with E-state index < -0.39 is 0 Å². The number of fused-ring (bicyclic) bond motifs is 2. The fourth-order valence-corrected chi connectivity index (χ4v) is 4.94. The zero-order chi connectivity index (χ0) is 30.4. The Morgan fingerprint density at radius 2 is 2.07 bits per heavy atom. The highest BCUT2D eigenvalue weighted by molar-refractivity contribution is 14.1. The Balaban J connectivity index is 0.000000204. The molecule has 42 heavy (non-hydrogen) atoms. The van der Waals surface area contributed by atoms with Gasteiger partial charge in [-0.1, -0.05) is 0 Å². The number of nitrogens with two attached hydrogens (primary N) is 2. The predicted molar refractivity (Wildman–Crippen MR) is 169 cm³/mol. The zero-order valence-corrected chi connectivity index (χ0v) is 25.8. The Bertz CT molecular complexity index is 1600. The SMILES string of the molecule is C/C(N)=C/N(N)Cc1cn2cc(C3CC3)cc(N3CCCC3=O)c2n1.Cc1ccn2cnc(CNC=O)c2c1F.[B]I. The van der Waals surface area contributed by atoms with Gasteiger partial charge in [0.2, 0.25) is 12.3 Å². The zero-order valence-electron chi connectivity index (χ0n) is 23.6. The molecular weight excluding hydrogens is 651 g/mol. The lowest BCUT2D eigenvalue weighted by Gasteiger charge is -2.17. The number of pyridine rings is 2. The second-order valence-electron chi connectivity index (χ2n) is 10.3. The first kappa shape index (κ1) is 31.3. The summed E-state index contributed by atoms with van der Waals surface area (Å²) in [6.07, 6.45) is 13.6. The van der Waals surface area contributed by atoms with Gasteiger partial charge in [-0.25, -0.2) is 20.2 Å². The Morgan fingerprint density at radius 1 is 1.31 bits per heavy atom. The van der Waals surface area contributed by atoms with Crippen molar-refractivity contribution in [2.24, 2.45) is 11.6 Å². The number of carbonyl (C=O) groups is 2. The fraction of sp³-hybridized carbons (Fsp3) is 0.357. The number of aromatic nitrogens is 4. The maximum Gasteiger partial charge on any atom is 0.227 e. The smallest absolute Gasteiger partial charge is 0.227 e. The number of aryl methyl sites for hydroxylation is 1. The monoisotopic (exact) mass is 685 g/mol. The number of anilines is 1. The number of nitrogens with zero attached hydrogens (tertiary/aromatic N) is 6. The van der Waals surface area contributed by atoms with Gasteiger partial charge in [-0.05, 0) is 62.3 Å². The number of amides is 2. The summed E-state index contributed by atoms with van der Waals surface area (Å²) in [4.78, 5) is 33.1. The molecule has 2 amide bonds.